The number of carbonyl (C=O) groups excluding carboxylic acids is 4. The summed E-state index contributed by atoms with van der Waals surface area (Å²) in [6, 6.07) is 0. The van der Waals surface area contributed by atoms with Crippen molar-refractivity contribution in [2.45, 2.75) is 76.5 Å². The maximum atomic E-state index is 9.90. The molecule has 0 aromatic carbocycles. The summed E-state index contributed by atoms with van der Waals surface area (Å²) in [5, 5.41) is 87.1. The highest BCUT2D eigenvalue weighted by molar-refractivity contribution is 5.72. The summed E-state index contributed by atoms with van der Waals surface area (Å²) < 4.78 is 0. The van der Waals surface area contributed by atoms with Crippen LogP contribution in [0.4, 0.5) is 0 Å². The zero-order valence-electron chi connectivity index (χ0n) is 18.3. The van der Waals surface area contributed by atoms with Gasteiger partial charge in [0.05, 0.1) is 13.2 Å². The SMILES string of the molecule is CC(C)=O.CC(C)=O.O=C[C@H](O)[C@@H](O)[C@H](O)[C@H](O)CO.O=C[C@H](O)[C@@H](O)[C@H](O)[C@H](O)CO. The molecule has 0 aliphatic rings. The largest absolute Gasteiger partial charge is 0.394 e. The molecule has 10 N–H and O–H groups in total. The van der Waals surface area contributed by atoms with E-state index in [9.17, 15) is 19.2 Å². The lowest BCUT2D eigenvalue weighted by Gasteiger charge is -2.22. The standard InChI is InChI=1S/2C6H12O6.2C3H6O/c2*7-1-3(9)5(11)6(12)4(10)2-8;2*1-3(2)4/h2*1,3-6,8-12H,2H2;2*1-2H3/t2*3-,4+,5+,6+;;/m00../s1. The Morgan fingerprint density at radius 2 is 0.750 bits per heavy atom. The van der Waals surface area contributed by atoms with Gasteiger partial charge in [-0.2, -0.15) is 0 Å². The van der Waals surface area contributed by atoms with Crippen LogP contribution in [0.25, 0.3) is 0 Å². The van der Waals surface area contributed by atoms with Crippen molar-refractivity contribution in [1.82, 2.24) is 0 Å². The topological polar surface area (TPSA) is 271 Å². The van der Waals surface area contributed by atoms with Crippen molar-refractivity contribution in [2.24, 2.45) is 0 Å². The lowest BCUT2D eigenvalue weighted by Crippen LogP contribution is -2.46. The molecule has 8 atom stereocenters. The van der Waals surface area contributed by atoms with Crippen LogP contribution in [0.1, 0.15) is 27.7 Å². The molecule has 14 heteroatoms. The summed E-state index contributed by atoms with van der Waals surface area (Å²) in [5.41, 5.74) is 0. The molecule has 0 saturated heterocycles. The summed E-state index contributed by atoms with van der Waals surface area (Å²) in [5.74, 6) is 0.333. The average Bonchev–Trinajstić information content (AvgIpc) is 2.74. The van der Waals surface area contributed by atoms with E-state index in [2.05, 4.69) is 0 Å². The molecule has 32 heavy (non-hydrogen) atoms. The molecule has 0 saturated carbocycles. The van der Waals surface area contributed by atoms with Crippen LogP contribution < -0.4 is 0 Å². The smallest absolute Gasteiger partial charge is 0.151 e. The maximum absolute atomic E-state index is 9.90. The van der Waals surface area contributed by atoms with Gasteiger partial charge in [0.1, 0.15) is 60.4 Å². The molecule has 0 amide bonds. The molecule has 192 valence electrons. The van der Waals surface area contributed by atoms with Crippen molar-refractivity contribution in [3.05, 3.63) is 0 Å². The van der Waals surface area contributed by atoms with Crippen LogP contribution in [0, 0.1) is 0 Å². The quantitative estimate of drug-likeness (QED) is 0.132. The molecule has 0 spiro atoms. The van der Waals surface area contributed by atoms with E-state index in [1.165, 1.54) is 27.7 Å². The summed E-state index contributed by atoms with van der Waals surface area (Å²) in [6.07, 6.45) is -13.7. The molecular formula is C18H36O14. The summed E-state index contributed by atoms with van der Waals surface area (Å²) >= 11 is 0. The predicted molar refractivity (Wildman–Crippen MR) is 107 cm³/mol. The van der Waals surface area contributed by atoms with Crippen molar-refractivity contribution >= 4 is 24.1 Å². The van der Waals surface area contributed by atoms with Crippen LogP contribution >= 0.6 is 0 Å². The molecule has 0 aromatic heterocycles. The Morgan fingerprint density at radius 1 is 0.562 bits per heavy atom. The van der Waals surface area contributed by atoms with Crippen molar-refractivity contribution in [2.75, 3.05) is 13.2 Å². The van der Waals surface area contributed by atoms with Gasteiger partial charge in [0, 0.05) is 0 Å². The minimum absolute atomic E-state index is 0.0258. The van der Waals surface area contributed by atoms with E-state index in [0.717, 1.165) is 0 Å². The molecule has 0 bridgehead atoms. The van der Waals surface area contributed by atoms with Crippen LogP contribution in [0.2, 0.25) is 0 Å². The second kappa shape index (κ2) is 22.5. The third-order valence-electron chi connectivity index (χ3n) is 2.84. The number of rotatable bonds is 10. The zero-order chi connectivity index (χ0) is 26.6. The van der Waals surface area contributed by atoms with Gasteiger partial charge in [-0.1, -0.05) is 0 Å². The van der Waals surface area contributed by atoms with E-state index in [4.69, 9.17) is 51.1 Å². The van der Waals surface area contributed by atoms with Gasteiger partial charge in [0.15, 0.2) is 12.6 Å². The van der Waals surface area contributed by atoms with Crippen molar-refractivity contribution in [3.8, 4) is 0 Å². The Morgan fingerprint density at radius 3 is 0.875 bits per heavy atom. The molecule has 0 aliphatic carbocycles. The fourth-order valence-corrected chi connectivity index (χ4v) is 1.24. The number of hydrogen-bond donors (Lipinski definition) is 10. The van der Waals surface area contributed by atoms with Gasteiger partial charge < -0.3 is 70.2 Å². The number of Topliss-reactive ketones (excluding diaryl/α,β-unsaturated/α-hetero) is 2. The highest BCUT2D eigenvalue weighted by Gasteiger charge is 2.30. The van der Waals surface area contributed by atoms with Gasteiger partial charge in [-0.3, -0.25) is 0 Å². The molecule has 0 radical (unpaired) electrons. The van der Waals surface area contributed by atoms with Crippen LogP contribution in [0.15, 0.2) is 0 Å². The Kier molecular flexibility index (Phi) is 26.4. The molecular weight excluding hydrogens is 440 g/mol. The number of hydrogen-bond acceptors (Lipinski definition) is 14. The fourth-order valence-electron chi connectivity index (χ4n) is 1.24. The molecule has 0 fully saturated rings. The molecule has 0 heterocycles. The normalized spacial score (nSPS) is 17.4. The number of aliphatic hydroxyl groups is 10. The first-order valence-electron chi connectivity index (χ1n) is 9.06. The second-order valence-corrected chi connectivity index (χ2v) is 6.53. The highest BCUT2D eigenvalue weighted by atomic mass is 16.4. The molecule has 0 unspecified atom stereocenters. The van der Waals surface area contributed by atoms with Gasteiger partial charge in [-0.15, -0.1) is 0 Å². The Balaban J connectivity index is -0.000000184. The third-order valence-corrected chi connectivity index (χ3v) is 2.84. The molecule has 14 nitrogen and oxygen atoms in total. The number of aliphatic hydroxyl groups excluding tert-OH is 10. The van der Waals surface area contributed by atoms with Gasteiger partial charge in [-0.25, -0.2) is 0 Å². The van der Waals surface area contributed by atoms with Crippen LogP contribution in [-0.2, 0) is 19.2 Å². The Bertz CT molecular complexity index is 448. The molecule has 0 aromatic rings. The van der Waals surface area contributed by atoms with Crippen LogP contribution in [-0.4, -0.2) is 137 Å². The Labute approximate surface area is 185 Å². The fraction of sp³-hybridized carbons (Fsp3) is 0.778. The minimum atomic E-state index is -1.79. The first-order chi connectivity index (χ1) is 14.5. The van der Waals surface area contributed by atoms with Crippen LogP contribution in [0.5, 0.6) is 0 Å². The average molecular weight is 476 g/mol. The first kappa shape index (κ1) is 37.6. The van der Waals surface area contributed by atoms with Crippen molar-refractivity contribution in [1.29, 1.82) is 0 Å². The molecule has 0 aliphatic heterocycles. The monoisotopic (exact) mass is 476 g/mol. The van der Waals surface area contributed by atoms with E-state index in [0.29, 0.717) is 0 Å². The number of ketones is 2. The van der Waals surface area contributed by atoms with Gasteiger partial charge in [-0.05, 0) is 27.7 Å². The minimum Gasteiger partial charge on any atom is -0.394 e. The summed E-state index contributed by atoms with van der Waals surface area (Å²) in [4.78, 5) is 38.7. The second-order valence-electron chi connectivity index (χ2n) is 6.53. The summed E-state index contributed by atoms with van der Waals surface area (Å²) in [6.45, 7) is 4.59. The van der Waals surface area contributed by atoms with E-state index >= 15 is 0 Å². The van der Waals surface area contributed by atoms with E-state index < -0.39 is 62.0 Å². The Hall–Kier alpha value is -1.72. The number of aldehydes is 2. The highest BCUT2D eigenvalue weighted by Crippen LogP contribution is 2.03. The summed E-state index contributed by atoms with van der Waals surface area (Å²) in [7, 11) is 0. The van der Waals surface area contributed by atoms with Crippen molar-refractivity contribution < 1.29 is 70.2 Å². The third kappa shape index (κ3) is 23.0. The van der Waals surface area contributed by atoms with E-state index in [1.807, 2.05) is 0 Å². The number of carbonyl (C=O) groups is 4. The van der Waals surface area contributed by atoms with E-state index in [1.54, 1.807) is 0 Å². The lowest BCUT2D eigenvalue weighted by molar-refractivity contribution is -0.136. The molecule has 0 rings (SSSR count). The van der Waals surface area contributed by atoms with Gasteiger partial charge in [0.25, 0.3) is 0 Å². The van der Waals surface area contributed by atoms with Crippen molar-refractivity contribution in [3.63, 3.8) is 0 Å². The lowest BCUT2D eigenvalue weighted by atomic mass is 10.0. The van der Waals surface area contributed by atoms with E-state index in [-0.39, 0.29) is 24.1 Å². The van der Waals surface area contributed by atoms with Crippen LogP contribution in [0.3, 0.4) is 0 Å². The maximum Gasteiger partial charge on any atom is 0.151 e. The van der Waals surface area contributed by atoms with Gasteiger partial charge >= 0.3 is 0 Å². The van der Waals surface area contributed by atoms with Gasteiger partial charge in [0.2, 0.25) is 0 Å². The first-order valence-corrected chi connectivity index (χ1v) is 9.06. The zero-order valence-corrected chi connectivity index (χ0v) is 18.3. The predicted octanol–water partition coefficient (Wildman–Crippen LogP) is -5.57.